The third kappa shape index (κ3) is 4.94. The maximum atomic E-state index is 13.6. The van der Waals surface area contributed by atoms with Crippen LogP contribution in [0.3, 0.4) is 0 Å². The standard InChI is InChI=1S/C17H16Cl2FN3O/c1-10(2)21-15(22-11-6-4-3-5-7-11)9-14(24)12-8-13(20)17(19)23-16(12)18/h3-10,21-22H,1-2H3/b15-9+. The molecule has 2 rings (SSSR count). The predicted molar refractivity (Wildman–Crippen MR) is 95.0 cm³/mol. The summed E-state index contributed by atoms with van der Waals surface area (Å²) in [6.45, 7) is 3.86. The van der Waals surface area contributed by atoms with Crippen LogP contribution in [0, 0.1) is 5.82 Å². The van der Waals surface area contributed by atoms with Crippen molar-refractivity contribution in [1.82, 2.24) is 10.3 Å². The second-order valence-corrected chi connectivity index (χ2v) is 6.03. The highest BCUT2D eigenvalue weighted by Gasteiger charge is 2.15. The van der Waals surface area contributed by atoms with E-state index in [0.29, 0.717) is 5.82 Å². The lowest BCUT2D eigenvalue weighted by Crippen LogP contribution is -2.27. The number of halogens is 3. The average molecular weight is 368 g/mol. The van der Waals surface area contributed by atoms with Gasteiger partial charge < -0.3 is 10.6 Å². The number of anilines is 1. The number of rotatable bonds is 6. The first kappa shape index (κ1) is 18.2. The van der Waals surface area contributed by atoms with Crippen LogP contribution in [-0.2, 0) is 0 Å². The summed E-state index contributed by atoms with van der Waals surface area (Å²) >= 11 is 11.4. The molecule has 7 heteroatoms. The number of hydrogen-bond acceptors (Lipinski definition) is 4. The largest absolute Gasteiger partial charge is 0.369 e. The number of ketones is 1. The van der Waals surface area contributed by atoms with Crippen molar-refractivity contribution in [3.63, 3.8) is 0 Å². The molecular formula is C17H16Cl2FN3O. The second kappa shape index (κ2) is 8.13. The minimum absolute atomic E-state index is 0.0588. The summed E-state index contributed by atoms with van der Waals surface area (Å²) < 4.78 is 13.6. The van der Waals surface area contributed by atoms with Gasteiger partial charge in [-0.2, -0.15) is 0 Å². The number of nitrogens with one attached hydrogen (secondary N) is 2. The molecule has 1 aromatic heterocycles. The summed E-state index contributed by atoms with van der Waals surface area (Å²) in [5.41, 5.74) is 0.743. The van der Waals surface area contributed by atoms with Crippen LogP contribution in [0.2, 0.25) is 10.3 Å². The zero-order valence-corrected chi connectivity index (χ0v) is 14.6. The smallest absolute Gasteiger partial charge is 0.192 e. The second-order valence-electron chi connectivity index (χ2n) is 5.31. The van der Waals surface area contributed by atoms with E-state index in [1.807, 2.05) is 44.2 Å². The Morgan fingerprint density at radius 1 is 1.21 bits per heavy atom. The molecule has 0 fully saturated rings. The van der Waals surface area contributed by atoms with Gasteiger partial charge in [0, 0.05) is 17.8 Å². The Labute approximate surface area is 149 Å². The van der Waals surface area contributed by atoms with E-state index in [1.165, 1.54) is 6.08 Å². The number of carbonyl (C=O) groups is 1. The van der Waals surface area contributed by atoms with Gasteiger partial charge in [0.25, 0.3) is 0 Å². The molecule has 2 N–H and O–H groups in total. The molecule has 0 atom stereocenters. The van der Waals surface area contributed by atoms with E-state index in [2.05, 4.69) is 15.6 Å². The normalized spacial score (nSPS) is 11.5. The van der Waals surface area contributed by atoms with Crippen molar-refractivity contribution in [3.05, 3.63) is 70.0 Å². The van der Waals surface area contributed by atoms with Crippen LogP contribution in [0.5, 0.6) is 0 Å². The summed E-state index contributed by atoms with van der Waals surface area (Å²) in [5, 5.41) is 5.70. The molecule has 0 unspecified atom stereocenters. The fourth-order valence-corrected chi connectivity index (χ4v) is 2.34. The Kier molecular flexibility index (Phi) is 6.17. The van der Waals surface area contributed by atoms with Crippen molar-refractivity contribution in [1.29, 1.82) is 0 Å². The van der Waals surface area contributed by atoms with Crippen LogP contribution in [0.4, 0.5) is 10.1 Å². The number of pyridine rings is 1. The fraction of sp³-hybridized carbons (Fsp3) is 0.176. The quantitative estimate of drug-likeness (QED) is 0.442. The van der Waals surface area contributed by atoms with Crippen molar-refractivity contribution < 1.29 is 9.18 Å². The highest BCUT2D eigenvalue weighted by Crippen LogP contribution is 2.21. The zero-order valence-electron chi connectivity index (χ0n) is 13.1. The predicted octanol–water partition coefficient (Wildman–Crippen LogP) is 4.66. The van der Waals surface area contributed by atoms with E-state index in [1.54, 1.807) is 0 Å². The maximum Gasteiger partial charge on any atom is 0.192 e. The minimum atomic E-state index is -0.799. The first-order chi connectivity index (χ1) is 11.4. The van der Waals surface area contributed by atoms with Gasteiger partial charge in [-0.25, -0.2) is 9.37 Å². The number of aromatic nitrogens is 1. The van der Waals surface area contributed by atoms with Crippen LogP contribution < -0.4 is 10.6 Å². The number of nitrogens with zero attached hydrogens (tertiary/aromatic N) is 1. The highest BCUT2D eigenvalue weighted by atomic mass is 35.5. The average Bonchev–Trinajstić information content (AvgIpc) is 2.51. The van der Waals surface area contributed by atoms with Crippen molar-refractivity contribution in [2.45, 2.75) is 19.9 Å². The first-order valence-electron chi connectivity index (χ1n) is 7.23. The van der Waals surface area contributed by atoms with Crippen LogP contribution in [0.25, 0.3) is 0 Å². The van der Waals surface area contributed by atoms with Gasteiger partial charge in [-0.3, -0.25) is 4.79 Å². The topological polar surface area (TPSA) is 54.0 Å². The van der Waals surface area contributed by atoms with Gasteiger partial charge >= 0.3 is 0 Å². The third-order valence-electron chi connectivity index (χ3n) is 2.92. The molecule has 2 aromatic rings. The van der Waals surface area contributed by atoms with E-state index >= 15 is 0 Å². The number of para-hydroxylation sites is 1. The lowest BCUT2D eigenvalue weighted by atomic mass is 10.1. The molecular weight excluding hydrogens is 352 g/mol. The summed E-state index contributed by atoms with van der Waals surface area (Å²) in [7, 11) is 0. The van der Waals surface area contributed by atoms with Crippen LogP contribution in [-0.4, -0.2) is 16.8 Å². The maximum absolute atomic E-state index is 13.6. The number of hydrogen-bond donors (Lipinski definition) is 2. The van der Waals surface area contributed by atoms with E-state index in [4.69, 9.17) is 23.2 Å². The van der Waals surface area contributed by atoms with Crippen molar-refractivity contribution in [2.24, 2.45) is 0 Å². The molecule has 4 nitrogen and oxygen atoms in total. The van der Waals surface area contributed by atoms with Crippen LogP contribution in [0.15, 0.2) is 48.3 Å². The van der Waals surface area contributed by atoms with Gasteiger partial charge in [0.1, 0.15) is 11.0 Å². The van der Waals surface area contributed by atoms with Crippen molar-refractivity contribution in [3.8, 4) is 0 Å². The molecule has 0 spiro atoms. The fourth-order valence-electron chi connectivity index (χ4n) is 1.93. The van der Waals surface area contributed by atoms with E-state index in [9.17, 15) is 9.18 Å². The van der Waals surface area contributed by atoms with Gasteiger partial charge in [-0.15, -0.1) is 0 Å². The SMILES string of the molecule is CC(C)N/C(=C\C(=O)c1cc(F)c(Cl)nc1Cl)Nc1ccccc1. The first-order valence-corrected chi connectivity index (χ1v) is 7.98. The highest BCUT2D eigenvalue weighted by molar-refractivity contribution is 6.35. The molecule has 0 amide bonds. The summed E-state index contributed by atoms with van der Waals surface area (Å²) in [5.74, 6) is -0.825. The summed E-state index contributed by atoms with van der Waals surface area (Å²) in [6, 6.07) is 10.4. The van der Waals surface area contributed by atoms with Crippen LogP contribution in [0.1, 0.15) is 24.2 Å². The van der Waals surface area contributed by atoms with Crippen molar-refractivity contribution >= 4 is 34.7 Å². The lowest BCUT2D eigenvalue weighted by molar-refractivity contribution is 0.104. The monoisotopic (exact) mass is 367 g/mol. The Morgan fingerprint density at radius 2 is 1.88 bits per heavy atom. The Hall–Kier alpha value is -2.11. The number of carbonyl (C=O) groups excluding carboxylic acids is 1. The Balaban J connectivity index is 2.31. The molecule has 24 heavy (non-hydrogen) atoms. The Morgan fingerprint density at radius 3 is 2.50 bits per heavy atom. The molecule has 0 aliphatic rings. The van der Waals surface area contributed by atoms with Gasteiger partial charge in [0.05, 0.1) is 5.56 Å². The zero-order chi connectivity index (χ0) is 17.7. The van der Waals surface area contributed by atoms with Gasteiger partial charge in [0.2, 0.25) is 0 Å². The van der Waals surface area contributed by atoms with Gasteiger partial charge in [0.15, 0.2) is 16.8 Å². The molecule has 0 saturated heterocycles. The number of allylic oxidation sites excluding steroid dienone is 1. The lowest BCUT2D eigenvalue weighted by Gasteiger charge is -2.16. The molecule has 0 radical (unpaired) electrons. The molecule has 0 saturated carbocycles. The molecule has 1 heterocycles. The van der Waals surface area contributed by atoms with E-state index in [-0.39, 0.29) is 21.9 Å². The Bertz CT molecular complexity index is 764. The van der Waals surface area contributed by atoms with Gasteiger partial charge in [-0.1, -0.05) is 41.4 Å². The van der Waals surface area contributed by atoms with Gasteiger partial charge in [-0.05, 0) is 32.0 Å². The summed E-state index contributed by atoms with van der Waals surface area (Å²) in [6.07, 6.45) is 1.31. The molecule has 126 valence electrons. The third-order valence-corrected chi connectivity index (χ3v) is 3.48. The molecule has 0 aliphatic heterocycles. The molecule has 0 aliphatic carbocycles. The minimum Gasteiger partial charge on any atom is -0.369 e. The van der Waals surface area contributed by atoms with Crippen LogP contribution >= 0.6 is 23.2 Å². The molecule has 0 bridgehead atoms. The van der Waals surface area contributed by atoms with E-state index in [0.717, 1.165) is 11.8 Å². The summed E-state index contributed by atoms with van der Waals surface area (Å²) in [4.78, 5) is 16.0. The van der Waals surface area contributed by atoms with E-state index < -0.39 is 11.6 Å². The number of benzene rings is 1. The van der Waals surface area contributed by atoms with Crippen molar-refractivity contribution in [2.75, 3.05) is 5.32 Å². The molecule has 1 aromatic carbocycles.